The van der Waals surface area contributed by atoms with Gasteiger partial charge in [0.15, 0.2) is 0 Å². The summed E-state index contributed by atoms with van der Waals surface area (Å²) in [5.41, 5.74) is 1.50. The van der Waals surface area contributed by atoms with Crippen molar-refractivity contribution in [1.82, 2.24) is 16.1 Å². The molecular weight excluding hydrogens is 430 g/mol. The number of amides is 3. The molecule has 2 aromatic rings. The first-order valence-electron chi connectivity index (χ1n) is 10.4. The van der Waals surface area contributed by atoms with Crippen LogP contribution in [0, 0.1) is 0 Å². The van der Waals surface area contributed by atoms with Crippen LogP contribution in [-0.4, -0.2) is 58.5 Å². The third kappa shape index (κ3) is 5.48. The number of carbonyl (C=O) groups excluding carboxylic acids is 3. The molecule has 33 heavy (non-hydrogen) atoms. The van der Waals surface area contributed by atoms with Crippen LogP contribution >= 0.6 is 0 Å². The van der Waals surface area contributed by atoms with Gasteiger partial charge in [-0.15, -0.1) is 0 Å². The van der Waals surface area contributed by atoms with Gasteiger partial charge in [-0.2, -0.15) is 0 Å². The van der Waals surface area contributed by atoms with E-state index in [2.05, 4.69) is 10.6 Å². The molecule has 0 spiro atoms. The molecule has 3 atom stereocenters. The zero-order valence-electron chi connectivity index (χ0n) is 18.1. The Morgan fingerprint density at radius 3 is 2.48 bits per heavy atom. The van der Waals surface area contributed by atoms with E-state index in [1.54, 1.807) is 24.3 Å². The van der Waals surface area contributed by atoms with E-state index in [1.807, 2.05) is 12.1 Å². The van der Waals surface area contributed by atoms with Gasteiger partial charge in [-0.3, -0.25) is 19.6 Å². The molecule has 0 unspecified atom stereocenters. The maximum atomic E-state index is 13.1. The Balaban J connectivity index is 1.90. The monoisotopic (exact) mass is 457 g/mol. The Hall–Kier alpha value is -3.47. The predicted octanol–water partition coefficient (Wildman–Crippen LogP) is 0.106. The number of para-hydroxylation sites is 1. The molecule has 0 radical (unpaired) electrons. The van der Waals surface area contributed by atoms with Crippen LogP contribution in [-0.2, 0) is 32.0 Å². The lowest BCUT2D eigenvalue weighted by Crippen LogP contribution is -2.62. The van der Waals surface area contributed by atoms with Crippen molar-refractivity contribution in [3.8, 4) is 5.75 Å². The topological polar surface area (TPSA) is 157 Å². The summed E-state index contributed by atoms with van der Waals surface area (Å²) in [5.74, 6) is -2.53. The lowest BCUT2D eigenvalue weighted by Gasteiger charge is -2.33. The second-order valence-corrected chi connectivity index (χ2v) is 8.00. The summed E-state index contributed by atoms with van der Waals surface area (Å²) in [6, 6.07) is 12.7. The summed E-state index contributed by atoms with van der Waals surface area (Å²) >= 11 is 0. The third-order valence-electron chi connectivity index (χ3n) is 5.66. The quantitative estimate of drug-likeness (QED) is 0.230. The highest BCUT2D eigenvalue weighted by Gasteiger charge is 2.44. The number of nitrogens with one attached hydrogen (secondary N) is 3. The van der Waals surface area contributed by atoms with Crippen molar-refractivity contribution in [3.05, 3.63) is 65.2 Å². The molecule has 0 aromatic heterocycles. The Kier molecular flexibility index (Phi) is 7.64. The fourth-order valence-electron chi connectivity index (χ4n) is 4.14. The molecule has 0 saturated carbocycles. The van der Waals surface area contributed by atoms with Gasteiger partial charge >= 0.3 is 0 Å². The number of benzene rings is 2. The molecule has 6 N–H and O–H groups in total. The Morgan fingerprint density at radius 1 is 1.09 bits per heavy atom. The van der Waals surface area contributed by atoms with E-state index in [1.165, 1.54) is 24.7 Å². The van der Waals surface area contributed by atoms with Crippen LogP contribution in [0.5, 0.6) is 5.75 Å². The molecule has 1 aliphatic rings. The zero-order chi connectivity index (χ0) is 24.0. The number of hydrogen-bond acceptors (Lipinski definition) is 7. The van der Waals surface area contributed by atoms with Crippen molar-refractivity contribution in [2.24, 2.45) is 0 Å². The second kappa shape index (κ2) is 10.4. The van der Waals surface area contributed by atoms with Gasteiger partial charge in [-0.1, -0.05) is 42.5 Å². The number of aromatic hydroxyl groups is 1. The van der Waals surface area contributed by atoms with Gasteiger partial charge in [0.1, 0.15) is 17.9 Å². The van der Waals surface area contributed by atoms with Crippen LogP contribution in [0.1, 0.15) is 29.2 Å². The number of fused-ring (bicyclic) bond motifs is 1. The van der Waals surface area contributed by atoms with E-state index in [0.717, 1.165) is 11.1 Å². The first-order valence-corrected chi connectivity index (χ1v) is 10.4. The van der Waals surface area contributed by atoms with E-state index in [9.17, 15) is 29.8 Å². The minimum Gasteiger partial charge on any atom is -0.508 e. The van der Waals surface area contributed by atoms with Gasteiger partial charge in [0.05, 0.1) is 18.6 Å². The molecule has 0 fully saturated rings. The maximum absolute atomic E-state index is 13.1. The summed E-state index contributed by atoms with van der Waals surface area (Å²) in [6.45, 7) is -0.391. The Morgan fingerprint density at radius 2 is 1.79 bits per heavy atom. The largest absolute Gasteiger partial charge is 0.508 e. The average Bonchev–Trinajstić information content (AvgIpc) is 3.09. The molecule has 3 rings (SSSR count). The van der Waals surface area contributed by atoms with Crippen molar-refractivity contribution in [2.45, 2.75) is 36.9 Å². The first-order chi connectivity index (χ1) is 15.8. The number of hydrogen-bond donors (Lipinski definition) is 6. The number of hydroxylamine groups is 1. The van der Waals surface area contributed by atoms with Gasteiger partial charge in [-0.25, -0.2) is 5.48 Å². The van der Waals surface area contributed by atoms with Crippen molar-refractivity contribution in [1.29, 1.82) is 0 Å². The summed E-state index contributed by atoms with van der Waals surface area (Å²) in [5, 5.41) is 35.3. The van der Waals surface area contributed by atoms with Gasteiger partial charge in [0, 0.05) is 20.0 Å². The lowest BCUT2D eigenvalue weighted by molar-refractivity contribution is -0.143. The number of rotatable bonds is 9. The van der Waals surface area contributed by atoms with Crippen LogP contribution in [0.25, 0.3) is 0 Å². The SMILES string of the molecule is COCC(=O)N[C@](CC(=O)N[C@H]1c2ccccc2C[C@H]1O)(Cc1ccccc1O)C(=O)NO. The van der Waals surface area contributed by atoms with E-state index in [-0.39, 0.29) is 17.7 Å². The molecule has 1 aliphatic carbocycles. The van der Waals surface area contributed by atoms with Crippen molar-refractivity contribution in [2.75, 3.05) is 13.7 Å². The molecule has 10 nitrogen and oxygen atoms in total. The standard InChI is InChI=1S/C23H27N3O7/c1-33-13-20(30)25-23(22(31)26-32,11-15-7-3-5-9-17(15)27)12-19(29)24-21-16-8-4-2-6-14(16)10-18(21)28/h2-9,18,21,27-28,32H,10-13H2,1H3,(H,24,29)(H,25,30)(H,26,31)/t18-,21+,23+/m1/s1. The molecule has 10 heteroatoms. The first kappa shape index (κ1) is 24.2. The average molecular weight is 457 g/mol. The maximum Gasteiger partial charge on any atom is 0.269 e. The number of phenolic OH excluding ortho intramolecular Hbond substituents is 1. The highest BCUT2D eigenvalue weighted by atomic mass is 16.5. The van der Waals surface area contributed by atoms with Crippen LogP contribution in [0.15, 0.2) is 48.5 Å². The van der Waals surface area contributed by atoms with E-state index in [4.69, 9.17) is 4.74 Å². The zero-order valence-corrected chi connectivity index (χ0v) is 18.1. The minimum absolute atomic E-state index is 0.144. The smallest absolute Gasteiger partial charge is 0.269 e. The van der Waals surface area contributed by atoms with E-state index in [0.29, 0.717) is 6.42 Å². The number of methoxy groups -OCH3 is 1. The molecule has 0 saturated heterocycles. The Bertz CT molecular complexity index is 1030. The lowest BCUT2D eigenvalue weighted by atomic mass is 9.85. The summed E-state index contributed by atoms with van der Waals surface area (Å²) < 4.78 is 4.81. The minimum atomic E-state index is -1.95. The molecule has 0 heterocycles. The number of phenols is 1. The molecule has 0 aliphatic heterocycles. The van der Waals surface area contributed by atoms with Crippen molar-refractivity contribution in [3.63, 3.8) is 0 Å². The van der Waals surface area contributed by atoms with E-state index < -0.39 is 48.4 Å². The van der Waals surface area contributed by atoms with Crippen LogP contribution < -0.4 is 16.1 Å². The van der Waals surface area contributed by atoms with Gasteiger partial charge in [0.2, 0.25) is 11.8 Å². The van der Waals surface area contributed by atoms with Gasteiger partial charge < -0.3 is 25.6 Å². The Labute approximate surface area is 190 Å². The number of ether oxygens (including phenoxy) is 1. The van der Waals surface area contributed by atoms with Gasteiger partial charge in [0.25, 0.3) is 5.91 Å². The number of aliphatic hydroxyl groups is 1. The molecule has 0 bridgehead atoms. The molecular formula is C23H27N3O7. The number of carbonyl (C=O) groups is 3. The molecule has 2 aromatic carbocycles. The normalized spacial score (nSPS) is 18.6. The predicted molar refractivity (Wildman–Crippen MR) is 116 cm³/mol. The molecule has 3 amide bonds. The van der Waals surface area contributed by atoms with Gasteiger partial charge in [-0.05, 0) is 22.8 Å². The van der Waals surface area contributed by atoms with E-state index >= 15 is 0 Å². The van der Waals surface area contributed by atoms with Crippen LogP contribution in [0.3, 0.4) is 0 Å². The van der Waals surface area contributed by atoms with Crippen LogP contribution in [0.2, 0.25) is 0 Å². The fraction of sp³-hybridized carbons (Fsp3) is 0.348. The fourth-order valence-corrected chi connectivity index (χ4v) is 4.14. The number of aliphatic hydroxyl groups excluding tert-OH is 1. The summed E-state index contributed by atoms with van der Waals surface area (Å²) in [4.78, 5) is 38.2. The third-order valence-corrected chi connectivity index (χ3v) is 5.66. The summed E-state index contributed by atoms with van der Waals surface area (Å²) in [7, 11) is 1.29. The highest BCUT2D eigenvalue weighted by Crippen LogP contribution is 2.32. The van der Waals surface area contributed by atoms with Crippen LogP contribution in [0.4, 0.5) is 0 Å². The molecule has 176 valence electrons. The second-order valence-electron chi connectivity index (χ2n) is 8.00. The summed E-state index contributed by atoms with van der Waals surface area (Å²) in [6.07, 6.45) is -1.35. The highest BCUT2D eigenvalue weighted by molar-refractivity contribution is 5.96. The van der Waals surface area contributed by atoms with Crippen molar-refractivity contribution < 1.29 is 34.5 Å². The van der Waals surface area contributed by atoms with Crippen molar-refractivity contribution >= 4 is 17.7 Å².